The van der Waals surface area contributed by atoms with Crippen LogP contribution >= 0.6 is 11.3 Å². The molecule has 0 atom stereocenters. The van der Waals surface area contributed by atoms with E-state index in [4.69, 9.17) is 0 Å². The van der Waals surface area contributed by atoms with Crippen LogP contribution in [0.5, 0.6) is 0 Å². The number of hydrogen-bond acceptors (Lipinski definition) is 4. The van der Waals surface area contributed by atoms with Crippen LogP contribution in [0.4, 0.5) is 0 Å². The van der Waals surface area contributed by atoms with Crippen molar-refractivity contribution in [2.24, 2.45) is 5.92 Å². The van der Waals surface area contributed by atoms with Crippen LogP contribution in [-0.2, 0) is 6.54 Å². The third-order valence-electron chi connectivity index (χ3n) is 3.57. The van der Waals surface area contributed by atoms with Crippen molar-refractivity contribution in [1.82, 2.24) is 15.2 Å². The number of aryl methyl sites for hydroxylation is 1. The van der Waals surface area contributed by atoms with Crippen molar-refractivity contribution in [3.05, 3.63) is 16.1 Å². The Morgan fingerprint density at radius 1 is 1.44 bits per heavy atom. The Hall–Kier alpha value is -0.450. The smallest absolute Gasteiger partial charge is 0.0897 e. The Morgan fingerprint density at radius 2 is 2.22 bits per heavy atom. The maximum Gasteiger partial charge on any atom is 0.0897 e. The number of piperidine rings is 1. The Morgan fingerprint density at radius 3 is 2.83 bits per heavy atom. The van der Waals surface area contributed by atoms with Crippen molar-refractivity contribution in [2.75, 3.05) is 26.2 Å². The molecular formula is C14H25N3S. The average molecular weight is 267 g/mol. The van der Waals surface area contributed by atoms with Crippen LogP contribution in [0.2, 0.25) is 0 Å². The second kappa shape index (κ2) is 7.22. The zero-order valence-electron chi connectivity index (χ0n) is 11.6. The highest BCUT2D eigenvalue weighted by Crippen LogP contribution is 2.16. The molecule has 102 valence electrons. The standard InChI is InChI=1S/C14H25N3S/c1-3-8-17(9-13-4-6-15-7-5-13)10-14-11-18-12(2)16-14/h11,13,15H,3-10H2,1-2H3. The fraction of sp³-hybridized carbons (Fsp3) is 0.786. The molecule has 4 heteroatoms. The predicted molar refractivity (Wildman–Crippen MR) is 78.0 cm³/mol. The van der Waals surface area contributed by atoms with E-state index in [9.17, 15) is 0 Å². The number of nitrogens with one attached hydrogen (secondary N) is 1. The lowest BCUT2D eigenvalue weighted by Gasteiger charge is -2.29. The van der Waals surface area contributed by atoms with Gasteiger partial charge in [0.15, 0.2) is 0 Å². The molecule has 0 aromatic carbocycles. The van der Waals surface area contributed by atoms with Gasteiger partial charge in [0.05, 0.1) is 10.7 Å². The van der Waals surface area contributed by atoms with Gasteiger partial charge in [0.1, 0.15) is 0 Å². The molecule has 0 spiro atoms. The summed E-state index contributed by atoms with van der Waals surface area (Å²) in [6.45, 7) is 10.2. The lowest BCUT2D eigenvalue weighted by atomic mass is 9.97. The van der Waals surface area contributed by atoms with Crippen LogP contribution in [0.25, 0.3) is 0 Å². The molecule has 1 aliphatic heterocycles. The summed E-state index contributed by atoms with van der Waals surface area (Å²) in [4.78, 5) is 7.18. The number of nitrogens with zero attached hydrogens (tertiary/aromatic N) is 2. The van der Waals surface area contributed by atoms with Crippen LogP contribution in [0, 0.1) is 12.8 Å². The third-order valence-corrected chi connectivity index (χ3v) is 4.39. The minimum atomic E-state index is 0.873. The maximum absolute atomic E-state index is 4.59. The molecule has 1 aromatic rings. The normalized spacial score (nSPS) is 17.5. The molecule has 0 aliphatic carbocycles. The van der Waals surface area contributed by atoms with E-state index in [0.717, 1.165) is 12.5 Å². The van der Waals surface area contributed by atoms with Gasteiger partial charge >= 0.3 is 0 Å². The summed E-state index contributed by atoms with van der Waals surface area (Å²) in [5.41, 5.74) is 1.25. The Balaban J connectivity index is 1.86. The number of aromatic nitrogens is 1. The molecule has 0 unspecified atom stereocenters. The molecule has 1 aliphatic rings. The molecule has 2 heterocycles. The quantitative estimate of drug-likeness (QED) is 0.859. The van der Waals surface area contributed by atoms with Crippen molar-refractivity contribution >= 4 is 11.3 Å². The summed E-state index contributed by atoms with van der Waals surface area (Å²) in [5.74, 6) is 0.873. The van der Waals surface area contributed by atoms with E-state index in [1.165, 1.54) is 56.1 Å². The van der Waals surface area contributed by atoms with Crippen molar-refractivity contribution in [3.63, 3.8) is 0 Å². The fourth-order valence-corrected chi connectivity index (χ4v) is 3.29. The molecular weight excluding hydrogens is 242 g/mol. The van der Waals surface area contributed by atoms with Gasteiger partial charge in [-0.1, -0.05) is 6.92 Å². The number of thiazole rings is 1. The molecule has 18 heavy (non-hydrogen) atoms. The summed E-state index contributed by atoms with van der Waals surface area (Å²) in [6.07, 6.45) is 3.89. The van der Waals surface area contributed by atoms with Crippen LogP contribution in [0.15, 0.2) is 5.38 Å². The van der Waals surface area contributed by atoms with Crippen molar-refractivity contribution in [2.45, 2.75) is 39.7 Å². The van der Waals surface area contributed by atoms with Crippen molar-refractivity contribution < 1.29 is 0 Å². The Bertz CT molecular complexity index is 345. The summed E-state index contributed by atoms with van der Waals surface area (Å²) >= 11 is 1.76. The first-order chi connectivity index (χ1) is 8.78. The maximum atomic E-state index is 4.59. The monoisotopic (exact) mass is 267 g/mol. The van der Waals surface area contributed by atoms with Gasteiger partial charge in [0.25, 0.3) is 0 Å². The molecule has 0 saturated carbocycles. The van der Waals surface area contributed by atoms with Gasteiger partial charge in [-0.05, 0) is 51.7 Å². The van der Waals surface area contributed by atoms with Gasteiger partial charge in [0, 0.05) is 18.5 Å². The first kappa shape index (κ1) is 14.0. The number of hydrogen-bond donors (Lipinski definition) is 1. The fourth-order valence-electron chi connectivity index (χ4n) is 2.69. The largest absolute Gasteiger partial charge is 0.317 e. The average Bonchev–Trinajstić information content (AvgIpc) is 2.76. The summed E-state index contributed by atoms with van der Waals surface area (Å²) in [5, 5.41) is 6.84. The SMILES string of the molecule is CCCN(Cc1csc(C)n1)CC1CCNCC1. The first-order valence-electron chi connectivity index (χ1n) is 7.12. The van der Waals surface area contributed by atoms with E-state index in [0.29, 0.717) is 0 Å². The summed E-state index contributed by atoms with van der Waals surface area (Å²) in [6, 6.07) is 0. The molecule has 0 amide bonds. The summed E-state index contributed by atoms with van der Waals surface area (Å²) in [7, 11) is 0. The topological polar surface area (TPSA) is 28.2 Å². The minimum Gasteiger partial charge on any atom is -0.317 e. The zero-order valence-corrected chi connectivity index (χ0v) is 12.4. The summed E-state index contributed by atoms with van der Waals surface area (Å²) < 4.78 is 0. The van der Waals surface area contributed by atoms with Crippen LogP contribution in [0.3, 0.4) is 0 Å². The second-order valence-electron chi connectivity index (χ2n) is 5.29. The van der Waals surface area contributed by atoms with E-state index in [1.807, 2.05) is 0 Å². The lowest BCUT2D eigenvalue weighted by molar-refractivity contribution is 0.197. The van der Waals surface area contributed by atoms with E-state index in [2.05, 4.69) is 34.4 Å². The molecule has 1 saturated heterocycles. The Kier molecular flexibility index (Phi) is 5.60. The highest BCUT2D eigenvalue weighted by Gasteiger charge is 2.17. The molecule has 1 N–H and O–H groups in total. The first-order valence-corrected chi connectivity index (χ1v) is 8.00. The van der Waals surface area contributed by atoms with Gasteiger partial charge in [0.2, 0.25) is 0 Å². The van der Waals surface area contributed by atoms with Crippen LogP contribution in [-0.4, -0.2) is 36.1 Å². The van der Waals surface area contributed by atoms with E-state index >= 15 is 0 Å². The second-order valence-corrected chi connectivity index (χ2v) is 6.35. The van der Waals surface area contributed by atoms with Gasteiger partial charge < -0.3 is 5.32 Å². The highest BCUT2D eigenvalue weighted by atomic mass is 32.1. The van der Waals surface area contributed by atoms with E-state index in [-0.39, 0.29) is 0 Å². The molecule has 0 bridgehead atoms. The van der Waals surface area contributed by atoms with Crippen molar-refractivity contribution in [3.8, 4) is 0 Å². The molecule has 1 aromatic heterocycles. The van der Waals surface area contributed by atoms with Crippen LogP contribution < -0.4 is 5.32 Å². The van der Waals surface area contributed by atoms with Crippen LogP contribution in [0.1, 0.15) is 36.9 Å². The van der Waals surface area contributed by atoms with E-state index in [1.54, 1.807) is 11.3 Å². The molecule has 2 rings (SSSR count). The predicted octanol–water partition coefficient (Wildman–Crippen LogP) is 2.66. The van der Waals surface area contributed by atoms with Gasteiger partial charge in [-0.2, -0.15) is 0 Å². The van der Waals surface area contributed by atoms with Gasteiger partial charge in [-0.25, -0.2) is 4.98 Å². The molecule has 3 nitrogen and oxygen atoms in total. The van der Waals surface area contributed by atoms with Gasteiger partial charge in [-0.15, -0.1) is 11.3 Å². The van der Waals surface area contributed by atoms with Crippen molar-refractivity contribution in [1.29, 1.82) is 0 Å². The highest BCUT2D eigenvalue weighted by molar-refractivity contribution is 7.09. The van der Waals surface area contributed by atoms with E-state index < -0.39 is 0 Å². The zero-order chi connectivity index (χ0) is 12.8. The molecule has 1 fully saturated rings. The number of rotatable bonds is 6. The lowest BCUT2D eigenvalue weighted by Crippen LogP contribution is -2.36. The molecule has 0 radical (unpaired) electrons. The Labute approximate surface area is 115 Å². The third kappa shape index (κ3) is 4.34. The van der Waals surface area contributed by atoms with Gasteiger partial charge in [-0.3, -0.25) is 4.90 Å². The minimum absolute atomic E-state index is 0.873.